The quantitative estimate of drug-likeness (QED) is 0.320. The maximum atomic E-state index is 13.1. The minimum absolute atomic E-state index is 0.227. The van der Waals surface area contributed by atoms with Gasteiger partial charge < -0.3 is 16.4 Å². The number of anilines is 2. The van der Waals surface area contributed by atoms with Crippen molar-refractivity contribution in [1.82, 2.24) is 19.7 Å². The number of benzene rings is 2. The predicted molar refractivity (Wildman–Crippen MR) is 143 cm³/mol. The molecule has 0 fully saturated rings. The third-order valence-electron chi connectivity index (χ3n) is 6.09. The van der Waals surface area contributed by atoms with Gasteiger partial charge in [0, 0.05) is 29.2 Å². The van der Waals surface area contributed by atoms with Gasteiger partial charge in [-0.25, -0.2) is 9.97 Å². The summed E-state index contributed by atoms with van der Waals surface area (Å²) in [5.41, 5.74) is 11.7. The SMILES string of the molecule is C=CC(=O)N[C@@H](C)c1nc(-c2cccc(C(=O)Nc3ccc(C(C)C)c(C)c3)c2)c2c(N)nccn12. The number of nitrogens with two attached hydrogens (primary N) is 1. The lowest BCUT2D eigenvalue weighted by molar-refractivity contribution is -0.117. The Labute approximate surface area is 210 Å². The van der Waals surface area contributed by atoms with Gasteiger partial charge in [0.1, 0.15) is 22.9 Å². The molecule has 0 aliphatic heterocycles. The number of hydrogen-bond donors (Lipinski definition) is 3. The minimum Gasteiger partial charge on any atom is -0.382 e. The van der Waals surface area contributed by atoms with Crippen LogP contribution in [-0.4, -0.2) is 26.2 Å². The molecule has 4 rings (SSSR count). The van der Waals surface area contributed by atoms with E-state index in [4.69, 9.17) is 10.7 Å². The Morgan fingerprint density at radius 3 is 2.61 bits per heavy atom. The van der Waals surface area contributed by atoms with E-state index < -0.39 is 6.04 Å². The Bertz CT molecular complexity index is 1470. The van der Waals surface area contributed by atoms with Crippen LogP contribution < -0.4 is 16.4 Å². The summed E-state index contributed by atoms with van der Waals surface area (Å²) in [6, 6.07) is 12.7. The highest BCUT2D eigenvalue weighted by atomic mass is 16.2. The molecular formula is C28H30N6O2. The number of aromatic nitrogens is 3. The van der Waals surface area contributed by atoms with Crippen LogP contribution in [0.5, 0.6) is 0 Å². The van der Waals surface area contributed by atoms with Crippen LogP contribution in [0.3, 0.4) is 0 Å². The van der Waals surface area contributed by atoms with E-state index in [0.29, 0.717) is 39.9 Å². The Balaban J connectivity index is 1.69. The van der Waals surface area contributed by atoms with E-state index in [1.165, 1.54) is 11.6 Å². The number of aryl methyl sites for hydroxylation is 1. The lowest BCUT2D eigenvalue weighted by atomic mass is 9.97. The molecule has 0 unspecified atom stereocenters. The Morgan fingerprint density at radius 2 is 1.92 bits per heavy atom. The standard InChI is InChI=1S/C28H30N6O2/c1-6-23(35)31-18(5)27-33-24(25-26(29)30-12-13-34(25)27)19-8-7-9-20(15-19)28(36)32-21-10-11-22(16(2)3)17(4)14-21/h6-16,18H,1H2,2-5H3,(H2,29,30)(H,31,35)(H,32,36)/t18-/m0/s1. The first-order chi connectivity index (χ1) is 17.2. The van der Waals surface area contributed by atoms with Crippen molar-refractivity contribution in [3.63, 3.8) is 0 Å². The first-order valence-electron chi connectivity index (χ1n) is 11.8. The zero-order valence-electron chi connectivity index (χ0n) is 20.9. The van der Waals surface area contributed by atoms with Crippen molar-refractivity contribution < 1.29 is 9.59 Å². The fourth-order valence-corrected chi connectivity index (χ4v) is 4.34. The Hall–Kier alpha value is -4.46. The van der Waals surface area contributed by atoms with Crippen LogP contribution >= 0.6 is 0 Å². The normalized spacial score (nSPS) is 11.9. The second-order valence-electron chi connectivity index (χ2n) is 9.05. The van der Waals surface area contributed by atoms with E-state index in [1.807, 2.05) is 38.1 Å². The number of carbonyl (C=O) groups excluding carboxylic acids is 2. The molecule has 0 radical (unpaired) electrons. The van der Waals surface area contributed by atoms with Crippen molar-refractivity contribution in [2.24, 2.45) is 0 Å². The van der Waals surface area contributed by atoms with Crippen LogP contribution in [0.1, 0.15) is 60.0 Å². The highest BCUT2D eigenvalue weighted by molar-refractivity contribution is 6.05. The van der Waals surface area contributed by atoms with Crippen molar-refractivity contribution in [3.05, 3.63) is 90.0 Å². The molecule has 2 heterocycles. The summed E-state index contributed by atoms with van der Waals surface area (Å²) < 4.78 is 1.80. The average molecular weight is 483 g/mol. The molecule has 1 atom stereocenters. The number of hydrogen-bond acceptors (Lipinski definition) is 5. The Morgan fingerprint density at radius 1 is 1.14 bits per heavy atom. The van der Waals surface area contributed by atoms with E-state index >= 15 is 0 Å². The number of imidazole rings is 1. The number of nitrogen functional groups attached to an aromatic ring is 1. The van der Waals surface area contributed by atoms with E-state index in [1.54, 1.807) is 35.0 Å². The molecule has 0 spiro atoms. The van der Waals surface area contributed by atoms with Crippen molar-refractivity contribution in [2.75, 3.05) is 11.1 Å². The van der Waals surface area contributed by atoms with Gasteiger partial charge in [0.25, 0.3) is 5.91 Å². The van der Waals surface area contributed by atoms with Gasteiger partial charge in [-0.05, 0) is 61.2 Å². The largest absolute Gasteiger partial charge is 0.382 e. The summed E-state index contributed by atoms with van der Waals surface area (Å²) >= 11 is 0. The maximum absolute atomic E-state index is 13.1. The highest BCUT2D eigenvalue weighted by Gasteiger charge is 2.21. The zero-order chi connectivity index (χ0) is 26.0. The third kappa shape index (κ3) is 4.84. The molecule has 4 aromatic rings. The van der Waals surface area contributed by atoms with E-state index in [-0.39, 0.29) is 11.8 Å². The smallest absolute Gasteiger partial charge is 0.255 e. The van der Waals surface area contributed by atoms with Gasteiger partial charge in [-0.1, -0.05) is 38.6 Å². The van der Waals surface area contributed by atoms with Gasteiger partial charge in [-0.2, -0.15) is 0 Å². The van der Waals surface area contributed by atoms with Crippen LogP contribution in [0, 0.1) is 6.92 Å². The molecule has 2 aromatic heterocycles. The molecule has 184 valence electrons. The van der Waals surface area contributed by atoms with Crippen LogP contribution in [0.15, 0.2) is 67.5 Å². The van der Waals surface area contributed by atoms with Crippen LogP contribution in [-0.2, 0) is 4.79 Å². The highest BCUT2D eigenvalue weighted by Crippen LogP contribution is 2.31. The number of amides is 2. The van der Waals surface area contributed by atoms with Gasteiger partial charge >= 0.3 is 0 Å². The number of rotatable bonds is 7. The second kappa shape index (κ2) is 10.0. The van der Waals surface area contributed by atoms with E-state index in [2.05, 4.69) is 36.0 Å². The number of nitrogens with one attached hydrogen (secondary N) is 2. The molecule has 0 aliphatic rings. The van der Waals surface area contributed by atoms with Gasteiger partial charge in [0.15, 0.2) is 0 Å². The van der Waals surface area contributed by atoms with Crippen LogP contribution in [0.4, 0.5) is 11.5 Å². The van der Waals surface area contributed by atoms with Gasteiger partial charge in [-0.3, -0.25) is 14.0 Å². The predicted octanol–water partition coefficient (Wildman–Crippen LogP) is 5.03. The van der Waals surface area contributed by atoms with Gasteiger partial charge in [-0.15, -0.1) is 0 Å². The molecule has 2 amide bonds. The molecular weight excluding hydrogens is 452 g/mol. The van der Waals surface area contributed by atoms with Crippen molar-refractivity contribution in [1.29, 1.82) is 0 Å². The molecule has 4 N–H and O–H groups in total. The fraction of sp³-hybridized carbons (Fsp3) is 0.214. The number of nitrogens with zero attached hydrogens (tertiary/aromatic N) is 3. The monoisotopic (exact) mass is 482 g/mol. The van der Waals surface area contributed by atoms with Crippen LogP contribution in [0.25, 0.3) is 16.8 Å². The molecule has 0 aliphatic carbocycles. The maximum Gasteiger partial charge on any atom is 0.255 e. The molecule has 0 saturated carbocycles. The molecule has 8 heteroatoms. The fourth-order valence-electron chi connectivity index (χ4n) is 4.34. The summed E-state index contributed by atoms with van der Waals surface area (Å²) in [5.74, 6) is 0.757. The Kier molecular flexibility index (Phi) is 6.87. The summed E-state index contributed by atoms with van der Waals surface area (Å²) in [4.78, 5) is 34.0. The van der Waals surface area contributed by atoms with E-state index in [9.17, 15) is 9.59 Å². The summed E-state index contributed by atoms with van der Waals surface area (Å²) in [5, 5.41) is 5.81. The minimum atomic E-state index is -0.415. The number of fused-ring (bicyclic) bond motifs is 1. The topological polar surface area (TPSA) is 114 Å². The molecule has 8 nitrogen and oxygen atoms in total. The summed E-state index contributed by atoms with van der Waals surface area (Å²) in [7, 11) is 0. The van der Waals surface area contributed by atoms with E-state index in [0.717, 1.165) is 11.3 Å². The van der Waals surface area contributed by atoms with Crippen molar-refractivity contribution in [2.45, 2.75) is 39.7 Å². The molecule has 0 saturated heterocycles. The third-order valence-corrected chi connectivity index (χ3v) is 6.09. The molecule has 0 bridgehead atoms. The summed E-state index contributed by atoms with van der Waals surface area (Å²) in [6.07, 6.45) is 4.53. The first-order valence-corrected chi connectivity index (χ1v) is 11.8. The summed E-state index contributed by atoms with van der Waals surface area (Å²) in [6.45, 7) is 11.7. The van der Waals surface area contributed by atoms with Crippen molar-refractivity contribution >= 4 is 28.8 Å². The van der Waals surface area contributed by atoms with Gasteiger partial charge in [0.05, 0.1) is 6.04 Å². The first kappa shape index (κ1) is 24.7. The molecule has 36 heavy (non-hydrogen) atoms. The second-order valence-corrected chi connectivity index (χ2v) is 9.05. The number of carbonyl (C=O) groups is 2. The van der Waals surface area contributed by atoms with Gasteiger partial charge in [0.2, 0.25) is 5.91 Å². The lowest BCUT2D eigenvalue weighted by Crippen LogP contribution is -2.26. The zero-order valence-corrected chi connectivity index (χ0v) is 20.9. The van der Waals surface area contributed by atoms with Crippen molar-refractivity contribution in [3.8, 4) is 11.3 Å². The van der Waals surface area contributed by atoms with Crippen LogP contribution in [0.2, 0.25) is 0 Å². The average Bonchev–Trinajstić information content (AvgIpc) is 3.25. The molecule has 2 aromatic carbocycles. The lowest BCUT2D eigenvalue weighted by Gasteiger charge is -2.12.